The van der Waals surface area contributed by atoms with Gasteiger partial charge in [-0.2, -0.15) is 0 Å². The van der Waals surface area contributed by atoms with Crippen molar-refractivity contribution in [2.45, 2.75) is 50.7 Å². The highest BCUT2D eigenvalue weighted by atomic mass is 32.2. The Hall–Kier alpha value is -2.07. The predicted octanol–water partition coefficient (Wildman–Crippen LogP) is 5.48. The van der Waals surface area contributed by atoms with Crippen LogP contribution in [0.3, 0.4) is 0 Å². The van der Waals surface area contributed by atoms with Crippen LogP contribution in [-0.2, 0) is 25.5 Å². The summed E-state index contributed by atoms with van der Waals surface area (Å²) in [5.41, 5.74) is 3.53. The third-order valence-electron chi connectivity index (χ3n) is 4.54. The first-order valence-electron chi connectivity index (χ1n) is 9.16. The first-order valence-corrected chi connectivity index (χ1v) is 10.1. The van der Waals surface area contributed by atoms with Gasteiger partial charge in [-0.05, 0) is 22.1 Å². The predicted molar refractivity (Wildman–Crippen MR) is 112 cm³/mol. The zero-order chi connectivity index (χ0) is 19.9. The van der Waals surface area contributed by atoms with Crippen LogP contribution in [0.5, 0.6) is 0 Å². The molecule has 0 fully saturated rings. The molecule has 0 bridgehead atoms. The largest absolute Gasteiger partial charge is 0.469 e. The number of ether oxygens (including phenoxy) is 1. The molecule has 2 rings (SSSR count). The molecule has 3 nitrogen and oxygen atoms in total. The van der Waals surface area contributed by atoms with Crippen molar-refractivity contribution in [2.24, 2.45) is 0 Å². The van der Waals surface area contributed by atoms with Gasteiger partial charge in [-0.1, -0.05) is 87.1 Å². The van der Waals surface area contributed by atoms with Crippen LogP contribution < -0.4 is 0 Å². The summed E-state index contributed by atoms with van der Waals surface area (Å²) in [6.45, 7) is 6.56. The van der Waals surface area contributed by atoms with E-state index in [4.69, 9.17) is 4.74 Å². The molecule has 0 saturated carbocycles. The highest BCUT2D eigenvalue weighted by Gasteiger charge is 2.20. The molecule has 0 aliphatic heterocycles. The molecule has 0 saturated heterocycles. The molecule has 2 aromatic rings. The van der Waals surface area contributed by atoms with E-state index in [-0.39, 0.29) is 28.8 Å². The van der Waals surface area contributed by atoms with Gasteiger partial charge in [0.15, 0.2) is 5.12 Å². The number of thioether (sulfide) groups is 1. The van der Waals surface area contributed by atoms with Crippen LogP contribution >= 0.6 is 11.8 Å². The second-order valence-electron chi connectivity index (χ2n) is 7.70. The molecule has 0 N–H and O–H groups in total. The Morgan fingerprint density at radius 3 is 2.15 bits per heavy atom. The number of methoxy groups -OCH3 is 1. The van der Waals surface area contributed by atoms with Crippen molar-refractivity contribution in [3.63, 3.8) is 0 Å². The minimum atomic E-state index is -0.292. The molecular weight excluding hydrogens is 356 g/mol. The first-order chi connectivity index (χ1) is 12.8. The van der Waals surface area contributed by atoms with Crippen molar-refractivity contribution in [1.82, 2.24) is 0 Å². The van der Waals surface area contributed by atoms with Crippen molar-refractivity contribution < 1.29 is 14.3 Å². The third-order valence-corrected chi connectivity index (χ3v) is 5.51. The Morgan fingerprint density at radius 2 is 1.59 bits per heavy atom. The first kappa shape index (κ1) is 21.2. The highest BCUT2D eigenvalue weighted by Crippen LogP contribution is 2.28. The Bertz CT molecular complexity index is 745. The molecule has 2 aromatic carbocycles. The maximum absolute atomic E-state index is 12.5. The topological polar surface area (TPSA) is 43.4 Å². The van der Waals surface area contributed by atoms with Crippen LogP contribution in [-0.4, -0.2) is 18.2 Å². The fourth-order valence-corrected chi connectivity index (χ4v) is 3.68. The van der Waals surface area contributed by atoms with Crippen LogP contribution in [0.2, 0.25) is 0 Å². The molecule has 0 spiro atoms. The fourth-order valence-electron chi connectivity index (χ4n) is 2.84. The summed E-state index contributed by atoms with van der Waals surface area (Å²) >= 11 is 1.31. The van der Waals surface area contributed by atoms with Gasteiger partial charge in [0, 0.05) is 18.1 Å². The van der Waals surface area contributed by atoms with Gasteiger partial charge in [-0.15, -0.1) is 0 Å². The molecule has 0 aliphatic carbocycles. The summed E-state index contributed by atoms with van der Waals surface area (Å²) in [7, 11) is 1.38. The standard InChI is InChI=1S/C23H28O3S/c1-23(2,3)20-12-10-17(11-13-20)16-27-22(25)15-19(14-21(24)26-4)18-8-6-5-7-9-18/h5-13,19H,14-16H2,1-4H3/t19-/m1/s1. The van der Waals surface area contributed by atoms with Gasteiger partial charge in [0.1, 0.15) is 0 Å². The van der Waals surface area contributed by atoms with E-state index >= 15 is 0 Å². The maximum Gasteiger partial charge on any atom is 0.306 e. The van der Waals surface area contributed by atoms with Crippen LogP contribution in [0.1, 0.15) is 56.2 Å². The molecule has 0 aromatic heterocycles. The monoisotopic (exact) mass is 384 g/mol. The number of hydrogen-bond donors (Lipinski definition) is 0. The van der Waals surface area contributed by atoms with Gasteiger partial charge in [0.05, 0.1) is 13.5 Å². The lowest BCUT2D eigenvalue weighted by molar-refractivity contribution is -0.141. The Labute approximate surface area is 166 Å². The zero-order valence-corrected chi connectivity index (χ0v) is 17.3. The van der Waals surface area contributed by atoms with E-state index in [2.05, 4.69) is 45.0 Å². The molecule has 0 heterocycles. The number of hydrogen-bond acceptors (Lipinski definition) is 4. The summed E-state index contributed by atoms with van der Waals surface area (Å²) in [5, 5.41) is 0.0904. The van der Waals surface area contributed by atoms with Crippen LogP contribution in [0.4, 0.5) is 0 Å². The van der Waals surface area contributed by atoms with E-state index in [1.807, 2.05) is 30.3 Å². The smallest absolute Gasteiger partial charge is 0.306 e. The summed E-state index contributed by atoms with van der Waals surface area (Å²) in [6, 6.07) is 18.1. The van der Waals surface area contributed by atoms with Crippen LogP contribution in [0.15, 0.2) is 54.6 Å². The van der Waals surface area contributed by atoms with Crippen molar-refractivity contribution in [1.29, 1.82) is 0 Å². The Balaban J connectivity index is 1.96. The molecule has 0 unspecified atom stereocenters. The van der Waals surface area contributed by atoms with Gasteiger partial charge in [0.2, 0.25) is 0 Å². The summed E-state index contributed by atoms with van der Waals surface area (Å²) < 4.78 is 4.79. The summed E-state index contributed by atoms with van der Waals surface area (Å²) in [4.78, 5) is 24.2. The van der Waals surface area contributed by atoms with E-state index in [0.717, 1.165) is 11.1 Å². The molecule has 0 aliphatic rings. The number of rotatable bonds is 7. The molecule has 27 heavy (non-hydrogen) atoms. The second kappa shape index (κ2) is 9.75. The number of esters is 1. The van der Waals surface area contributed by atoms with Crippen molar-refractivity contribution in [3.05, 3.63) is 71.3 Å². The average molecular weight is 385 g/mol. The lowest BCUT2D eigenvalue weighted by Gasteiger charge is -2.19. The van der Waals surface area contributed by atoms with E-state index in [1.54, 1.807) is 0 Å². The maximum atomic E-state index is 12.5. The third kappa shape index (κ3) is 6.87. The number of carbonyl (C=O) groups is 2. The molecular formula is C23H28O3S. The molecule has 0 amide bonds. The minimum Gasteiger partial charge on any atom is -0.469 e. The Kier molecular flexibility index (Phi) is 7.66. The highest BCUT2D eigenvalue weighted by molar-refractivity contribution is 8.12. The average Bonchev–Trinajstić information content (AvgIpc) is 2.66. The van der Waals surface area contributed by atoms with E-state index in [9.17, 15) is 9.59 Å². The summed E-state index contributed by atoms with van der Waals surface area (Å²) in [5.74, 6) is 0.199. The normalized spacial score (nSPS) is 12.4. The van der Waals surface area contributed by atoms with Gasteiger partial charge in [-0.3, -0.25) is 9.59 Å². The van der Waals surface area contributed by atoms with Gasteiger partial charge >= 0.3 is 5.97 Å². The molecule has 1 atom stereocenters. The van der Waals surface area contributed by atoms with Gasteiger partial charge < -0.3 is 4.74 Å². The Morgan fingerprint density at radius 1 is 0.963 bits per heavy atom. The lowest BCUT2D eigenvalue weighted by atomic mass is 9.87. The van der Waals surface area contributed by atoms with E-state index in [1.165, 1.54) is 24.4 Å². The van der Waals surface area contributed by atoms with Crippen molar-refractivity contribution >= 4 is 22.8 Å². The minimum absolute atomic E-state index is 0.0904. The number of benzene rings is 2. The lowest BCUT2D eigenvalue weighted by Crippen LogP contribution is -2.12. The zero-order valence-electron chi connectivity index (χ0n) is 16.5. The van der Waals surface area contributed by atoms with Crippen LogP contribution in [0, 0.1) is 0 Å². The quantitative estimate of drug-likeness (QED) is 0.593. The summed E-state index contributed by atoms with van der Waals surface area (Å²) in [6.07, 6.45) is 0.539. The SMILES string of the molecule is COC(=O)C[C@H](CC(=O)SCc1ccc(C(C)(C)C)cc1)c1ccccc1. The van der Waals surface area contributed by atoms with Crippen molar-refractivity contribution in [2.75, 3.05) is 7.11 Å². The molecule has 0 radical (unpaired) electrons. The fraction of sp³-hybridized carbons (Fsp3) is 0.391. The van der Waals surface area contributed by atoms with E-state index in [0.29, 0.717) is 12.2 Å². The second-order valence-corrected chi connectivity index (χ2v) is 8.73. The number of carbonyl (C=O) groups excluding carboxylic acids is 2. The van der Waals surface area contributed by atoms with Gasteiger partial charge in [0.25, 0.3) is 0 Å². The van der Waals surface area contributed by atoms with Crippen LogP contribution in [0.25, 0.3) is 0 Å². The molecule has 4 heteroatoms. The molecule has 144 valence electrons. The van der Waals surface area contributed by atoms with Crippen molar-refractivity contribution in [3.8, 4) is 0 Å². The van der Waals surface area contributed by atoms with Gasteiger partial charge in [-0.25, -0.2) is 0 Å². The van der Waals surface area contributed by atoms with E-state index < -0.39 is 0 Å².